The number of benzene rings is 1. The van der Waals surface area contributed by atoms with Crippen molar-refractivity contribution in [3.8, 4) is 0 Å². The quantitative estimate of drug-likeness (QED) is 0.310. The lowest BCUT2D eigenvalue weighted by Gasteiger charge is -2.16. The number of hydrogen-bond acceptors (Lipinski definition) is 3. The Morgan fingerprint density at radius 3 is 2.89 bits per heavy atom. The van der Waals surface area contributed by atoms with Gasteiger partial charge in [-0.25, -0.2) is 4.99 Å². The van der Waals surface area contributed by atoms with E-state index < -0.39 is 0 Å². The Labute approximate surface area is 183 Å². The Hall–Kier alpha value is -1.81. The lowest BCUT2D eigenvalue weighted by molar-refractivity contribution is -0.127. The maximum Gasteiger partial charge on any atom is 0.243 e. The number of guanidine groups is 1. The second-order valence-electron chi connectivity index (χ2n) is 7.01. The third kappa shape index (κ3) is 6.37. The van der Waals surface area contributed by atoms with E-state index in [1.54, 1.807) is 19.0 Å². The molecule has 2 aromatic rings. The molecule has 8 heteroatoms. The number of halogens is 1. The molecule has 1 atom stereocenters. The largest absolute Gasteiger partial charge is 0.376 e. The van der Waals surface area contributed by atoms with Crippen LogP contribution >= 0.6 is 24.0 Å². The Bertz CT molecular complexity index is 784. The molecule has 1 aliphatic rings. The van der Waals surface area contributed by atoms with Crippen LogP contribution in [0.2, 0.25) is 0 Å². The normalized spacial score (nSPS) is 16.6. The van der Waals surface area contributed by atoms with E-state index in [-0.39, 0.29) is 42.5 Å². The minimum absolute atomic E-state index is 0. The summed E-state index contributed by atoms with van der Waals surface area (Å²) in [5.74, 6) is 0.630. The average molecular weight is 499 g/mol. The lowest BCUT2D eigenvalue weighted by Crippen LogP contribution is -2.42. The van der Waals surface area contributed by atoms with E-state index in [1.807, 2.05) is 6.07 Å². The number of carbonyl (C=O) groups excluding carboxylic acids is 1. The predicted octanol–water partition coefficient (Wildman–Crippen LogP) is 2.13. The molecule has 2 heterocycles. The van der Waals surface area contributed by atoms with Crippen molar-refractivity contribution < 1.29 is 9.53 Å². The number of para-hydroxylation sites is 1. The van der Waals surface area contributed by atoms with Crippen molar-refractivity contribution in [3.63, 3.8) is 0 Å². The number of fused-ring (bicyclic) bond motifs is 1. The molecule has 1 aromatic carbocycles. The second kappa shape index (κ2) is 11.3. The first kappa shape index (κ1) is 22.5. The third-order valence-electron chi connectivity index (χ3n) is 4.75. The Morgan fingerprint density at radius 2 is 2.14 bits per heavy atom. The second-order valence-corrected chi connectivity index (χ2v) is 7.01. The molecule has 0 aliphatic carbocycles. The summed E-state index contributed by atoms with van der Waals surface area (Å²) in [6.45, 7) is 2.39. The molecule has 0 saturated carbocycles. The zero-order valence-electron chi connectivity index (χ0n) is 16.5. The molecule has 1 aliphatic heterocycles. The van der Waals surface area contributed by atoms with Gasteiger partial charge in [0.1, 0.15) is 6.54 Å². The fraction of sp³-hybridized carbons (Fsp3) is 0.500. The molecule has 3 rings (SSSR count). The van der Waals surface area contributed by atoms with Gasteiger partial charge in [-0.1, -0.05) is 18.2 Å². The summed E-state index contributed by atoms with van der Waals surface area (Å²) in [6.07, 6.45) is 5.30. The zero-order chi connectivity index (χ0) is 19.1. The zero-order valence-corrected chi connectivity index (χ0v) is 18.9. The summed E-state index contributed by atoms with van der Waals surface area (Å²) in [5, 5.41) is 7.89. The number of aliphatic imine (C=N–C) groups is 1. The van der Waals surface area contributed by atoms with E-state index in [9.17, 15) is 4.79 Å². The molecule has 1 amide bonds. The third-order valence-corrected chi connectivity index (χ3v) is 4.75. The molecule has 7 nitrogen and oxygen atoms in total. The molecule has 1 aromatic heterocycles. The molecule has 0 bridgehead atoms. The topological polar surface area (TPSA) is 81.8 Å². The molecule has 28 heavy (non-hydrogen) atoms. The summed E-state index contributed by atoms with van der Waals surface area (Å²) in [5.41, 5.74) is 2.41. The molecule has 1 fully saturated rings. The maximum absolute atomic E-state index is 11.8. The first-order valence-electron chi connectivity index (χ1n) is 9.52. The van der Waals surface area contributed by atoms with Gasteiger partial charge in [-0.3, -0.25) is 4.79 Å². The molecule has 0 spiro atoms. The SMILES string of the molecule is CN(C)C(=O)CN=C(NCCc1c[nH]c2ccccc12)NCC1CCCO1.I. The predicted molar refractivity (Wildman–Crippen MR) is 123 cm³/mol. The first-order valence-corrected chi connectivity index (χ1v) is 9.52. The number of ether oxygens (including phenoxy) is 1. The average Bonchev–Trinajstić information content (AvgIpc) is 3.33. The van der Waals surface area contributed by atoms with Crippen LogP contribution in [0, 0.1) is 0 Å². The Morgan fingerprint density at radius 1 is 1.32 bits per heavy atom. The number of likely N-dealkylation sites (N-methyl/N-ethyl adjacent to an activating group) is 1. The van der Waals surface area contributed by atoms with Gasteiger partial charge in [0.25, 0.3) is 0 Å². The smallest absolute Gasteiger partial charge is 0.243 e. The van der Waals surface area contributed by atoms with E-state index in [1.165, 1.54) is 10.9 Å². The van der Waals surface area contributed by atoms with E-state index in [0.29, 0.717) is 12.5 Å². The molecular weight excluding hydrogens is 469 g/mol. The van der Waals surface area contributed by atoms with Crippen LogP contribution in [-0.2, 0) is 16.0 Å². The number of carbonyl (C=O) groups is 1. The highest BCUT2D eigenvalue weighted by Crippen LogP contribution is 2.17. The van der Waals surface area contributed by atoms with Crippen LogP contribution in [0.5, 0.6) is 0 Å². The number of nitrogens with zero attached hydrogens (tertiary/aromatic N) is 2. The maximum atomic E-state index is 11.8. The highest BCUT2D eigenvalue weighted by molar-refractivity contribution is 14.0. The van der Waals surface area contributed by atoms with Crippen molar-refractivity contribution in [2.75, 3.05) is 40.3 Å². The highest BCUT2D eigenvalue weighted by Gasteiger charge is 2.16. The van der Waals surface area contributed by atoms with Crippen LogP contribution in [0.4, 0.5) is 0 Å². The van der Waals surface area contributed by atoms with Crippen LogP contribution in [0.15, 0.2) is 35.5 Å². The van der Waals surface area contributed by atoms with E-state index in [4.69, 9.17) is 4.74 Å². The minimum Gasteiger partial charge on any atom is -0.376 e. The van der Waals surface area contributed by atoms with Crippen molar-refractivity contribution in [2.45, 2.75) is 25.4 Å². The molecule has 1 unspecified atom stereocenters. The molecule has 0 radical (unpaired) electrons. The van der Waals surface area contributed by atoms with Crippen LogP contribution in [-0.4, -0.2) is 68.2 Å². The van der Waals surface area contributed by atoms with E-state index in [2.05, 4.69) is 45.0 Å². The number of nitrogens with one attached hydrogen (secondary N) is 3. The minimum atomic E-state index is -0.0233. The number of H-pyrrole nitrogens is 1. The Kier molecular flexibility index (Phi) is 9.04. The van der Waals surface area contributed by atoms with Crippen LogP contribution in [0.1, 0.15) is 18.4 Å². The van der Waals surface area contributed by atoms with Crippen molar-refractivity contribution in [1.29, 1.82) is 0 Å². The number of amides is 1. The summed E-state index contributed by atoms with van der Waals surface area (Å²) >= 11 is 0. The summed E-state index contributed by atoms with van der Waals surface area (Å²) < 4.78 is 5.65. The first-order chi connectivity index (χ1) is 13.1. The van der Waals surface area contributed by atoms with Crippen molar-refractivity contribution >= 4 is 46.7 Å². The summed E-state index contributed by atoms with van der Waals surface area (Å²) in [6, 6.07) is 8.29. The number of rotatable bonds is 7. The van der Waals surface area contributed by atoms with E-state index >= 15 is 0 Å². The van der Waals surface area contributed by atoms with Crippen LogP contribution < -0.4 is 10.6 Å². The van der Waals surface area contributed by atoms with Crippen molar-refractivity contribution in [2.24, 2.45) is 4.99 Å². The fourth-order valence-electron chi connectivity index (χ4n) is 3.13. The van der Waals surface area contributed by atoms with Crippen LogP contribution in [0.25, 0.3) is 10.9 Å². The van der Waals surface area contributed by atoms with Crippen molar-refractivity contribution in [1.82, 2.24) is 20.5 Å². The van der Waals surface area contributed by atoms with Gasteiger partial charge in [0.15, 0.2) is 5.96 Å². The standard InChI is InChI=1S/C20H29N5O2.HI/c1-25(2)19(26)14-24-20(23-13-16-6-5-11-27-16)21-10-9-15-12-22-18-8-4-3-7-17(15)18;/h3-4,7-8,12,16,22H,5-6,9-11,13-14H2,1-2H3,(H2,21,23,24);1H. The lowest BCUT2D eigenvalue weighted by atomic mass is 10.1. The molecule has 3 N–H and O–H groups in total. The van der Waals surface area contributed by atoms with Gasteiger partial charge in [0.2, 0.25) is 5.91 Å². The Balaban J connectivity index is 0.00000280. The van der Waals surface area contributed by atoms with Gasteiger partial charge in [-0.15, -0.1) is 24.0 Å². The van der Waals surface area contributed by atoms with Gasteiger partial charge in [-0.05, 0) is 30.9 Å². The van der Waals surface area contributed by atoms with Gasteiger partial charge in [-0.2, -0.15) is 0 Å². The monoisotopic (exact) mass is 499 g/mol. The van der Waals surface area contributed by atoms with Gasteiger partial charge in [0.05, 0.1) is 6.10 Å². The number of hydrogen-bond donors (Lipinski definition) is 3. The van der Waals surface area contributed by atoms with Gasteiger partial charge < -0.3 is 25.3 Å². The van der Waals surface area contributed by atoms with Gasteiger partial charge in [0, 0.05) is 50.9 Å². The van der Waals surface area contributed by atoms with E-state index in [0.717, 1.165) is 37.9 Å². The van der Waals surface area contributed by atoms with Crippen LogP contribution in [0.3, 0.4) is 0 Å². The molecular formula is C20H30IN5O2. The summed E-state index contributed by atoms with van der Waals surface area (Å²) in [4.78, 5) is 21.1. The van der Waals surface area contributed by atoms with Crippen molar-refractivity contribution in [3.05, 3.63) is 36.0 Å². The summed E-state index contributed by atoms with van der Waals surface area (Å²) in [7, 11) is 3.48. The fourth-order valence-corrected chi connectivity index (χ4v) is 3.13. The molecule has 154 valence electrons. The number of aromatic nitrogens is 1. The highest BCUT2D eigenvalue weighted by atomic mass is 127. The molecule has 1 saturated heterocycles. The van der Waals surface area contributed by atoms with Gasteiger partial charge >= 0.3 is 0 Å². The number of aromatic amines is 1.